The van der Waals surface area contributed by atoms with E-state index in [9.17, 15) is 9.59 Å². The SMILES string of the molecule is O=C1[C@H](Cc2ccccc2)N(Cc2ccc(Cl)cc2)C(=O)CN1Cc1ccccc1. The molecule has 4 rings (SSSR count). The molecule has 152 valence electrons. The standard InChI is InChI=1S/C25H23ClN2O2/c26-22-13-11-21(12-14-22)17-28-23(15-19-7-3-1-4-8-19)25(30)27(18-24(28)29)16-20-9-5-2-6-10-20/h1-14,23H,15-18H2/t23-/m0/s1. The zero-order valence-corrected chi connectivity index (χ0v) is 17.3. The maximum absolute atomic E-state index is 13.4. The van der Waals surface area contributed by atoms with Gasteiger partial charge in [0.2, 0.25) is 11.8 Å². The lowest BCUT2D eigenvalue weighted by atomic mass is 9.99. The van der Waals surface area contributed by atoms with Crippen LogP contribution in [0.5, 0.6) is 0 Å². The van der Waals surface area contributed by atoms with E-state index < -0.39 is 6.04 Å². The molecule has 3 aromatic rings. The number of carbonyl (C=O) groups is 2. The number of rotatable bonds is 6. The van der Waals surface area contributed by atoms with E-state index in [0.717, 1.165) is 16.7 Å². The van der Waals surface area contributed by atoms with Gasteiger partial charge in [0.25, 0.3) is 0 Å². The van der Waals surface area contributed by atoms with Crippen molar-refractivity contribution in [2.75, 3.05) is 6.54 Å². The summed E-state index contributed by atoms with van der Waals surface area (Å²) in [4.78, 5) is 29.9. The molecule has 4 nitrogen and oxygen atoms in total. The summed E-state index contributed by atoms with van der Waals surface area (Å²) in [5, 5.41) is 0.648. The van der Waals surface area contributed by atoms with E-state index in [1.165, 1.54) is 0 Å². The van der Waals surface area contributed by atoms with Crippen molar-refractivity contribution in [1.29, 1.82) is 0 Å². The molecule has 1 aliphatic heterocycles. The first kappa shape index (κ1) is 20.2. The maximum atomic E-state index is 13.4. The lowest BCUT2D eigenvalue weighted by Gasteiger charge is -2.40. The first-order chi connectivity index (χ1) is 14.6. The average molecular weight is 419 g/mol. The van der Waals surface area contributed by atoms with Gasteiger partial charge in [-0.1, -0.05) is 84.4 Å². The predicted molar refractivity (Wildman–Crippen MR) is 118 cm³/mol. The zero-order valence-electron chi connectivity index (χ0n) is 16.6. The summed E-state index contributed by atoms with van der Waals surface area (Å²) in [6, 6.07) is 26.5. The van der Waals surface area contributed by atoms with Crippen LogP contribution in [0.3, 0.4) is 0 Å². The fourth-order valence-corrected chi connectivity index (χ4v) is 3.93. The topological polar surface area (TPSA) is 40.6 Å². The minimum atomic E-state index is -0.534. The second-order valence-corrected chi connectivity index (χ2v) is 7.97. The van der Waals surface area contributed by atoms with Crippen molar-refractivity contribution < 1.29 is 9.59 Å². The molecule has 0 radical (unpaired) electrons. The minimum absolute atomic E-state index is 0.0173. The number of hydrogen-bond acceptors (Lipinski definition) is 2. The van der Waals surface area contributed by atoms with E-state index in [1.54, 1.807) is 21.9 Å². The van der Waals surface area contributed by atoms with Gasteiger partial charge in [0.1, 0.15) is 12.6 Å². The first-order valence-electron chi connectivity index (χ1n) is 10.0. The summed E-state index contributed by atoms with van der Waals surface area (Å²) in [5.41, 5.74) is 3.00. The van der Waals surface area contributed by atoms with Gasteiger partial charge in [-0.2, -0.15) is 0 Å². The Balaban J connectivity index is 1.60. The van der Waals surface area contributed by atoms with E-state index in [0.29, 0.717) is 24.5 Å². The number of benzene rings is 3. The van der Waals surface area contributed by atoms with Gasteiger partial charge in [-0.25, -0.2) is 0 Å². The van der Waals surface area contributed by atoms with Crippen LogP contribution in [0.1, 0.15) is 16.7 Å². The number of hydrogen-bond donors (Lipinski definition) is 0. The number of piperazine rings is 1. The lowest BCUT2D eigenvalue weighted by molar-refractivity contribution is -0.157. The van der Waals surface area contributed by atoms with Crippen LogP contribution in [0.25, 0.3) is 0 Å². The number of carbonyl (C=O) groups excluding carboxylic acids is 2. The Morgan fingerprint density at radius 3 is 1.93 bits per heavy atom. The fourth-order valence-electron chi connectivity index (χ4n) is 3.81. The van der Waals surface area contributed by atoms with Gasteiger partial charge in [0.05, 0.1) is 0 Å². The molecule has 0 spiro atoms. The zero-order chi connectivity index (χ0) is 20.9. The van der Waals surface area contributed by atoms with Crippen molar-refractivity contribution in [3.63, 3.8) is 0 Å². The molecular weight excluding hydrogens is 396 g/mol. The first-order valence-corrected chi connectivity index (χ1v) is 10.4. The summed E-state index contributed by atoms with van der Waals surface area (Å²) < 4.78 is 0. The summed E-state index contributed by atoms with van der Waals surface area (Å²) in [6.45, 7) is 0.913. The Bertz CT molecular complexity index is 1010. The Morgan fingerprint density at radius 2 is 1.30 bits per heavy atom. The van der Waals surface area contributed by atoms with Crippen LogP contribution in [0.4, 0.5) is 0 Å². The molecular formula is C25H23ClN2O2. The molecule has 0 aromatic heterocycles. The molecule has 30 heavy (non-hydrogen) atoms. The van der Waals surface area contributed by atoms with Crippen LogP contribution < -0.4 is 0 Å². The minimum Gasteiger partial charge on any atom is -0.327 e. The Hall–Kier alpha value is -3.11. The maximum Gasteiger partial charge on any atom is 0.246 e. The summed E-state index contributed by atoms with van der Waals surface area (Å²) >= 11 is 6.00. The molecule has 1 aliphatic rings. The second kappa shape index (κ2) is 9.14. The monoisotopic (exact) mass is 418 g/mol. The quantitative estimate of drug-likeness (QED) is 0.598. The third-order valence-corrected chi connectivity index (χ3v) is 5.63. The Kier molecular flexibility index (Phi) is 6.15. The largest absolute Gasteiger partial charge is 0.327 e. The normalized spacial score (nSPS) is 16.8. The van der Waals surface area contributed by atoms with E-state index in [4.69, 9.17) is 11.6 Å². The smallest absolute Gasteiger partial charge is 0.246 e. The molecule has 1 atom stereocenters. The van der Waals surface area contributed by atoms with Crippen LogP contribution in [-0.4, -0.2) is 34.2 Å². The molecule has 0 aliphatic carbocycles. The molecule has 0 saturated carbocycles. The average Bonchev–Trinajstić information content (AvgIpc) is 2.77. The van der Waals surface area contributed by atoms with Crippen LogP contribution in [0.15, 0.2) is 84.9 Å². The number of halogens is 1. The summed E-state index contributed by atoms with van der Waals surface area (Å²) in [7, 11) is 0. The van der Waals surface area contributed by atoms with Crippen molar-refractivity contribution in [2.45, 2.75) is 25.6 Å². The molecule has 3 aromatic carbocycles. The summed E-state index contributed by atoms with van der Waals surface area (Å²) in [5.74, 6) is -0.0577. The van der Waals surface area contributed by atoms with Crippen LogP contribution in [-0.2, 0) is 29.1 Å². The Morgan fingerprint density at radius 1 is 0.733 bits per heavy atom. The molecule has 2 amide bonds. The van der Waals surface area contributed by atoms with Crippen molar-refractivity contribution in [3.8, 4) is 0 Å². The van der Waals surface area contributed by atoms with E-state index in [2.05, 4.69) is 0 Å². The number of nitrogens with zero attached hydrogens (tertiary/aromatic N) is 2. The van der Waals surface area contributed by atoms with Gasteiger partial charge in [-0.15, -0.1) is 0 Å². The van der Waals surface area contributed by atoms with Crippen molar-refractivity contribution in [3.05, 3.63) is 107 Å². The molecule has 0 bridgehead atoms. The molecule has 0 unspecified atom stereocenters. The van der Waals surface area contributed by atoms with Gasteiger partial charge in [-0.3, -0.25) is 9.59 Å². The molecule has 5 heteroatoms. The number of amides is 2. The van der Waals surface area contributed by atoms with Crippen LogP contribution in [0, 0.1) is 0 Å². The van der Waals surface area contributed by atoms with Crippen molar-refractivity contribution in [1.82, 2.24) is 9.80 Å². The molecule has 1 heterocycles. The van der Waals surface area contributed by atoms with Crippen LogP contribution >= 0.6 is 11.6 Å². The van der Waals surface area contributed by atoms with Gasteiger partial charge in [-0.05, 0) is 28.8 Å². The lowest BCUT2D eigenvalue weighted by Crippen LogP contribution is -2.59. The molecule has 0 N–H and O–H groups in total. The van der Waals surface area contributed by atoms with Gasteiger partial charge >= 0.3 is 0 Å². The van der Waals surface area contributed by atoms with E-state index >= 15 is 0 Å². The van der Waals surface area contributed by atoms with E-state index in [1.807, 2.05) is 72.8 Å². The Labute approximate surface area is 181 Å². The van der Waals surface area contributed by atoms with Crippen molar-refractivity contribution >= 4 is 23.4 Å². The van der Waals surface area contributed by atoms with Gasteiger partial charge < -0.3 is 9.80 Å². The highest BCUT2D eigenvalue weighted by atomic mass is 35.5. The highest BCUT2D eigenvalue weighted by molar-refractivity contribution is 6.30. The van der Waals surface area contributed by atoms with Crippen LogP contribution in [0.2, 0.25) is 5.02 Å². The third kappa shape index (κ3) is 4.71. The van der Waals surface area contributed by atoms with Gasteiger partial charge in [0, 0.05) is 24.5 Å². The predicted octanol–water partition coefficient (Wildman–Crippen LogP) is 4.32. The molecule has 1 saturated heterocycles. The second-order valence-electron chi connectivity index (χ2n) is 7.53. The van der Waals surface area contributed by atoms with E-state index in [-0.39, 0.29) is 18.4 Å². The fraction of sp³-hybridized carbons (Fsp3) is 0.200. The van der Waals surface area contributed by atoms with Crippen molar-refractivity contribution in [2.24, 2.45) is 0 Å². The third-order valence-electron chi connectivity index (χ3n) is 5.37. The highest BCUT2D eigenvalue weighted by Gasteiger charge is 2.39. The van der Waals surface area contributed by atoms with Gasteiger partial charge in [0.15, 0.2) is 0 Å². The summed E-state index contributed by atoms with van der Waals surface area (Å²) in [6.07, 6.45) is 0.490. The molecule has 1 fully saturated rings. The highest BCUT2D eigenvalue weighted by Crippen LogP contribution is 2.22.